The molecule has 1 aliphatic heterocycles. The van der Waals surface area contributed by atoms with Gasteiger partial charge in [-0.15, -0.1) is 0 Å². The largest absolute Gasteiger partial charge is 0.494 e. The van der Waals surface area contributed by atoms with Crippen LogP contribution in [0.3, 0.4) is 0 Å². The predicted octanol–water partition coefficient (Wildman–Crippen LogP) is 1.52. The highest BCUT2D eigenvalue weighted by molar-refractivity contribution is 6.05. The lowest BCUT2D eigenvalue weighted by Crippen LogP contribution is -2.54. The average molecular weight is 376 g/mol. The van der Waals surface area contributed by atoms with Crippen molar-refractivity contribution in [1.82, 2.24) is 15.4 Å². The molecule has 1 atom stereocenters. The van der Waals surface area contributed by atoms with Gasteiger partial charge in [-0.1, -0.05) is 5.16 Å². The molecule has 144 valence electrons. The van der Waals surface area contributed by atoms with E-state index in [1.54, 1.807) is 19.0 Å². The molecule has 1 N–H and O–H groups in total. The van der Waals surface area contributed by atoms with Crippen LogP contribution in [0.5, 0.6) is 5.75 Å². The van der Waals surface area contributed by atoms with Crippen molar-refractivity contribution in [2.75, 3.05) is 39.2 Å². The second-order valence-corrected chi connectivity index (χ2v) is 6.61. The molecule has 0 radical (unpaired) electrons. The van der Waals surface area contributed by atoms with Crippen LogP contribution >= 0.6 is 0 Å². The second-order valence-electron chi connectivity index (χ2n) is 6.61. The summed E-state index contributed by atoms with van der Waals surface area (Å²) in [5.41, 5.74) is 0.669. The summed E-state index contributed by atoms with van der Waals surface area (Å²) in [7, 11) is 4.82. The molecule has 2 amide bonds. The molecule has 27 heavy (non-hydrogen) atoms. The van der Waals surface area contributed by atoms with Gasteiger partial charge in [0, 0.05) is 32.2 Å². The van der Waals surface area contributed by atoms with Gasteiger partial charge in [0.1, 0.15) is 5.56 Å². The molecule has 0 aliphatic carbocycles. The highest BCUT2D eigenvalue weighted by Crippen LogP contribution is 2.34. The van der Waals surface area contributed by atoms with Crippen LogP contribution in [-0.4, -0.2) is 62.2 Å². The van der Waals surface area contributed by atoms with Gasteiger partial charge >= 0.3 is 0 Å². The number of aromatic nitrogens is 1. The van der Waals surface area contributed by atoms with Crippen LogP contribution in [0.15, 0.2) is 22.7 Å². The van der Waals surface area contributed by atoms with E-state index >= 15 is 0 Å². The normalized spacial score (nSPS) is 16.9. The van der Waals surface area contributed by atoms with Gasteiger partial charge in [-0.25, -0.2) is 4.39 Å². The molecule has 9 heteroatoms. The monoisotopic (exact) mass is 376 g/mol. The number of nitrogens with one attached hydrogen (secondary N) is 1. The number of ether oxygens (including phenoxy) is 1. The number of hydrogen-bond donors (Lipinski definition) is 1. The third kappa shape index (κ3) is 3.57. The van der Waals surface area contributed by atoms with E-state index in [0.717, 1.165) is 0 Å². The van der Waals surface area contributed by atoms with E-state index < -0.39 is 5.82 Å². The number of benzene rings is 1. The Kier molecular flexibility index (Phi) is 5.02. The van der Waals surface area contributed by atoms with E-state index in [0.29, 0.717) is 17.9 Å². The second kappa shape index (κ2) is 7.26. The average Bonchev–Trinajstić information content (AvgIpc) is 3.06. The van der Waals surface area contributed by atoms with E-state index in [1.165, 1.54) is 30.2 Å². The summed E-state index contributed by atoms with van der Waals surface area (Å²) < 4.78 is 24.2. The minimum atomic E-state index is -0.525. The summed E-state index contributed by atoms with van der Waals surface area (Å²) in [5, 5.41) is 6.77. The van der Waals surface area contributed by atoms with E-state index in [9.17, 15) is 14.0 Å². The third-order valence-corrected chi connectivity index (χ3v) is 4.25. The van der Waals surface area contributed by atoms with E-state index in [4.69, 9.17) is 9.26 Å². The molecule has 8 nitrogen and oxygen atoms in total. The summed E-state index contributed by atoms with van der Waals surface area (Å²) >= 11 is 0. The van der Waals surface area contributed by atoms with Gasteiger partial charge < -0.3 is 24.4 Å². The number of hydrogen-bond acceptors (Lipinski definition) is 6. The first-order valence-electron chi connectivity index (χ1n) is 8.41. The van der Waals surface area contributed by atoms with Gasteiger partial charge in [0.2, 0.25) is 5.91 Å². The molecule has 0 saturated carbocycles. The number of rotatable bonds is 4. The SMILES string of the molecule is COc1cc(-c2onc(N(C)C)c2C(=O)N2CC(=O)N[C@H](C)C2)ccc1F. The number of piperazine rings is 1. The Balaban J connectivity index is 2.07. The summed E-state index contributed by atoms with van der Waals surface area (Å²) in [6, 6.07) is 4.00. The predicted molar refractivity (Wildman–Crippen MR) is 96.3 cm³/mol. The third-order valence-electron chi connectivity index (χ3n) is 4.25. The molecule has 3 rings (SSSR count). The van der Waals surface area contributed by atoms with Gasteiger partial charge in [0.05, 0.1) is 13.7 Å². The number of carbonyl (C=O) groups is 2. The van der Waals surface area contributed by atoms with Crippen molar-refractivity contribution in [2.45, 2.75) is 13.0 Å². The first-order valence-corrected chi connectivity index (χ1v) is 8.41. The number of methoxy groups -OCH3 is 1. The van der Waals surface area contributed by atoms with Crippen molar-refractivity contribution < 1.29 is 23.2 Å². The molecule has 2 aromatic rings. The maximum atomic E-state index is 13.8. The van der Waals surface area contributed by atoms with Crippen molar-refractivity contribution >= 4 is 17.6 Å². The first kappa shape index (κ1) is 18.7. The van der Waals surface area contributed by atoms with Crippen molar-refractivity contribution in [3.63, 3.8) is 0 Å². The number of nitrogens with zero attached hydrogens (tertiary/aromatic N) is 3. The standard InChI is InChI=1S/C18H21FN4O4/c1-10-8-23(9-14(24)20-10)18(25)15-16(27-21-17(15)22(2)3)11-5-6-12(19)13(7-11)26-4/h5-7,10H,8-9H2,1-4H3,(H,20,24)/t10-/m1/s1. The van der Waals surface area contributed by atoms with Gasteiger partial charge in [0.15, 0.2) is 23.1 Å². The molecule has 0 unspecified atom stereocenters. The van der Waals surface area contributed by atoms with Gasteiger partial charge in [-0.05, 0) is 25.1 Å². The Hall–Kier alpha value is -3.10. The summed E-state index contributed by atoms with van der Waals surface area (Å²) in [4.78, 5) is 28.1. The van der Waals surface area contributed by atoms with Crippen LogP contribution in [0, 0.1) is 5.82 Å². The fourth-order valence-corrected chi connectivity index (χ4v) is 3.03. The number of carbonyl (C=O) groups excluding carboxylic acids is 2. The number of amides is 2. The Morgan fingerprint density at radius 2 is 2.19 bits per heavy atom. The minimum Gasteiger partial charge on any atom is -0.494 e. The maximum Gasteiger partial charge on any atom is 0.262 e. The fourth-order valence-electron chi connectivity index (χ4n) is 3.03. The highest BCUT2D eigenvalue weighted by Gasteiger charge is 2.33. The lowest BCUT2D eigenvalue weighted by atomic mass is 10.1. The zero-order valence-electron chi connectivity index (χ0n) is 15.6. The van der Waals surface area contributed by atoms with Crippen LogP contribution in [0.4, 0.5) is 10.2 Å². The minimum absolute atomic E-state index is 0.0275. The summed E-state index contributed by atoms with van der Waals surface area (Å²) in [6.45, 7) is 2.14. The van der Waals surface area contributed by atoms with Gasteiger partial charge in [-0.3, -0.25) is 9.59 Å². The quantitative estimate of drug-likeness (QED) is 0.870. The molecule has 1 aromatic heterocycles. The Morgan fingerprint density at radius 1 is 1.44 bits per heavy atom. The van der Waals surface area contributed by atoms with Gasteiger partial charge in [0.25, 0.3) is 5.91 Å². The van der Waals surface area contributed by atoms with E-state index in [-0.39, 0.29) is 41.5 Å². The smallest absolute Gasteiger partial charge is 0.262 e. The molecule has 2 heterocycles. The van der Waals surface area contributed by atoms with Crippen LogP contribution in [-0.2, 0) is 4.79 Å². The molecule has 1 fully saturated rings. The lowest BCUT2D eigenvalue weighted by molar-refractivity contribution is -0.124. The maximum absolute atomic E-state index is 13.8. The van der Waals surface area contributed by atoms with E-state index in [2.05, 4.69) is 10.5 Å². The Labute approximate surface area is 155 Å². The Bertz CT molecular complexity index is 880. The molecule has 0 bridgehead atoms. The molecule has 0 spiro atoms. The molecule has 1 aliphatic rings. The van der Waals surface area contributed by atoms with Crippen molar-refractivity contribution in [3.8, 4) is 17.1 Å². The van der Waals surface area contributed by atoms with Crippen molar-refractivity contribution in [2.24, 2.45) is 0 Å². The summed E-state index contributed by atoms with van der Waals surface area (Å²) in [6.07, 6.45) is 0. The highest BCUT2D eigenvalue weighted by atomic mass is 19.1. The molecule has 1 saturated heterocycles. The van der Waals surface area contributed by atoms with Gasteiger partial charge in [-0.2, -0.15) is 0 Å². The summed E-state index contributed by atoms with van der Waals surface area (Å²) in [5.74, 6) is -0.574. The molecule has 1 aromatic carbocycles. The number of halogens is 1. The van der Waals surface area contributed by atoms with E-state index in [1.807, 2.05) is 6.92 Å². The first-order chi connectivity index (χ1) is 12.8. The topological polar surface area (TPSA) is 87.9 Å². The molecular formula is C18H21FN4O4. The van der Waals surface area contributed by atoms with Crippen LogP contribution in [0.2, 0.25) is 0 Å². The van der Waals surface area contributed by atoms with Crippen LogP contribution in [0.1, 0.15) is 17.3 Å². The van der Waals surface area contributed by atoms with Crippen molar-refractivity contribution in [3.05, 3.63) is 29.6 Å². The zero-order chi connectivity index (χ0) is 19.7. The van der Waals surface area contributed by atoms with Crippen LogP contribution in [0.25, 0.3) is 11.3 Å². The number of anilines is 1. The van der Waals surface area contributed by atoms with Crippen LogP contribution < -0.4 is 15.0 Å². The fraction of sp³-hybridized carbons (Fsp3) is 0.389. The van der Waals surface area contributed by atoms with Crippen molar-refractivity contribution in [1.29, 1.82) is 0 Å². The Morgan fingerprint density at radius 3 is 2.81 bits per heavy atom. The molecular weight excluding hydrogens is 355 g/mol. The lowest BCUT2D eigenvalue weighted by Gasteiger charge is -2.31. The zero-order valence-corrected chi connectivity index (χ0v) is 15.6.